The van der Waals surface area contributed by atoms with Crippen molar-refractivity contribution in [3.8, 4) is 0 Å². The predicted octanol–water partition coefficient (Wildman–Crippen LogP) is 1.19. The third kappa shape index (κ3) is 3.17. The molecule has 0 fully saturated rings. The van der Waals surface area contributed by atoms with Crippen molar-refractivity contribution in [3.05, 3.63) is 33.3 Å². The second kappa shape index (κ2) is 5.32. The maximum absolute atomic E-state index is 11.7. The van der Waals surface area contributed by atoms with Crippen LogP contribution in [0.25, 0.3) is 0 Å². The van der Waals surface area contributed by atoms with Gasteiger partial charge < -0.3 is 4.74 Å². The summed E-state index contributed by atoms with van der Waals surface area (Å²) in [5, 5.41) is 10.4. The molecule has 0 aromatic heterocycles. The highest BCUT2D eigenvalue weighted by atomic mass is 35.5. The van der Waals surface area contributed by atoms with Crippen LogP contribution in [0, 0.1) is 10.1 Å². The quantitative estimate of drug-likeness (QED) is 0.469. The maximum atomic E-state index is 11.7. The molecule has 0 aliphatic rings. The van der Waals surface area contributed by atoms with Gasteiger partial charge in [0, 0.05) is 6.07 Å². The van der Waals surface area contributed by atoms with E-state index < -0.39 is 32.2 Å². The van der Waals surface area contributed by atoms with Crippen LogP contribution in [0.3, 0.4) is 0 Å². The Bertz CT molecular complexity index is 597. The van der Waals surface area contributed by atoms with Crippen molar-refractivity contribution in [1.29, 1.82) is 0 Å². The summed E-state index contributed by atoms with van der Waals surface area (Å²) in [4.78, 5) is 20.4. The molecule has 0 aliphatic heterocycles. The number of benzene rings is 1. The molecule has 0 heterocycles. The first-order valence-electron chi connectivity index (χ1n) is 4.51. The number of nitro benzene ring substituents is 1. The number of methoxy groups -OCH3 is 1. The van der Waals surface area contributed by atoms with Crippen LogP contribution in [0.4, 0.5) is 5.69 Å². The fourth-order valence-corrected chi connectivity index (χ4v) is 2.47. The molecule has 98 valence electrons. The Kier molecular flexibility index (Phi) is 4.25. The summed E-state index contributed by atoms with van der Waals surface area (Å²) >= 11 is 5.55. The number of carbonyl (C=O) groups excluding carboxylic acids is 1. The van der Waals surface area contributed by atoms with E-state index in [4.69, 9.17) is 11.6 Å². The minimum atomic E-state index is -3.98. The van der Waals surface area contributed by atoms with Gasteiger partial charge in [0.25, 0.3) is 5.69 Å². The molecule has 1 rings (SSSR count). The molecule has 0 amide bonds. The van der Waals surface area contributed by atoms with Gasteiger partial charge in [-0.3, -0.25) is 14.9 Å². The molecule has 18 heavy (non-hydrogen) atoms. The molecule has 1 aromatic rings. The number of hydrogen-bond donors (Lipinski definition) is 0. The smallest absolute Gasteiger partial charge is 0.321 e. The Balaban J connectivity index is 3.22. The van der Waals surface area contributed by atoms with Crippen molar-refractivity contribution < 1.29 is 22.9 Å². The van der Waals surface area contributed by atoms with Gasteiger partial charge in [0.05, 0.1) is 16.9 Å². The van der Waals surface area contributed by atoms with Gasteiger partial charge in [-0.2, -0.15) is 0 Å². The monoisotopic (exact) mass is 293 g/mol. The Labute approximate surface area is 107 Å². The van der Waals surface area contributed by atoms with Crippen LogP contribution in [-0.2, 0) is 19.4 Å². The number of nitro groups is 1. The summed E-state index contributed by atoms with van der Waals surface area (Å²) < 4.78 is 27.7. The molecule has 0 bridgehead atoms. The fraction of sp³-hybridized carbons (Fsp3) is 0.222. The Hall–Kier alpha value is -1.67. The summed E-state index contributed by atoms with van der Waals surface area (Å²) in [6, 6.07) is 2.98. The van der Waals surface area contributed by atoms with Gasteiger partial charge in [0.15, 0.2) is 15.6 Å². The highest BCUT2D eigenvalue weighted by Gasteiger charge is 2.23. The van der Waals surface area contributed by atoms with E-state index in [1.165, 1.54) is 0 Å². The third-order valence-electron chi connectivity index (χ3n) is 2.01. The number of carbonyl (C=O) groups is 1. The average molecular weight is 294 g/mol. The average Bonchev–Trinajstić information content (AvgIpc) is 2.28. The van der Waals surface area contributed by atoms with Gasteiger partial charge in [-0.15, -0.1) is 0 Å². The third-order valence-corrected chi connectivity index (χ3v) is 3.92. The second-order valence-electron chi connectivity index (χ2n) is 3.21. The van der Waals surface area contributed by atoms with E-state index in [2.05, 4.69) is 4.74 Å². The number of nitrogens with zero attached hydrogens (tertiary/aromatic N) is 1. The summed E-state index contributed by atoms with van der Waals surface area (Å²) in [7, 11) is -2.94. The summed E-state index contributed by atoms with van der Waals surface area (Å²) in [5.74, 6) is -1.84. The van der Waals surface area contributed by atoms with Crippen molar-refractivity contribution in [2.75, 3.05) is 12.9 Å². The molecule has 0 radical (unpaired) electrons. The molecule has 0 saturated carbocycles. The number of sulfone groups is 1. The minimum Gasteiger partial charge on any atom is -0.468 e. The number of rotatable bonds is 4. The predicted molar refractivity (Wildman–Crippen MR) is 62.2 cm³/mol. The molecule has 0 unspecified atom stereocenters. The number of halogens is 1. The molecule has 0 N–H and O–H groups in total. The Morgan fingerprint density at radius 2 is 2.11 bits per heavy atom. The summed E-state index contributed by atoms with van der Waals surface area (Å²) in [6.07, 6.45) is 0. The number of esters is 1. The van der Waals surface area contributed by atoms with Crippen LogP contribution in [0.1, 0.15) is 0 Å². The maximum Gasteiger partial charge on any atom is 0.321 e. The lowest BCUT2D eigenvalue weighted by molar-refractivity contribution is -0.384. The van der Waals surface area contributed by atoms with Crippen LogP contribution < -0.4 is 0 Å². The van der Waals surface area contributed by atoms with Crippen LogP contribution >= 0.6 is 11.6 Å². The molecular weight excluding hydrogens is 286 g/mol. The van der Waals surface area contributed by atoms with Crippen LogP contribution in [0.15, 0.2) is 23.1 Å². The van der Waals surface area contributed by atoms with Gasteiger partial charge in [-0.05, 0) is 12.1 Å². The van der Waals surface area contributed by atoms with Gasteiger partial charge in [0.2, 0.25) is 0 Å². The van der Waals surface area contributed by atoms with E-state index in [1.54, 1.807) is 0 Å². The van der Waals surface area contributed by atoms with Crippen LogP contribution in [-0.4, -0.2) is 32.2 Å². The normalized spacial score (nSPS) is 11.0. The molecular formula is C9H8ClNO6S. The van der Waals surface area contributed by atoms with Crippen LogP contribution in [0.5, 0.6) is 0 Å². The lowest BCUT2D eigenvalue weighted by Gasteiger charge is -2.03. The van der Waals surface area contributed by atoms with E-state index in [0.29, 0.717) is 0 Å². The van der Waals surface area contributed by atoms with Crippen LogP contribution in [0.2, 0.25) is 5.02 Å². The van der Waals surface area contributed by atoms with E-state index in [-0.39, 0.29) is 9.92 Å². The largest absolute Gasteiger partial charge is 0.468 e. The molecule has 7 nitrogen and oxygen atoms in total. The standard InChI is InChI=1S/C9H8ClNO6S/c1-17-9(12)5-18(15,16)6-2-3-7(10)8(4-6)11(13)14/h2-4H,5H2,1H3. The zero-order valence-corrected chi connectivity index (χ0v) is 10.7. The first-order chi connectivity index (χ1) is 8.27. The van der Waals surface area contributed by atoms with Gasteiger partial charge in [0.1, 0.15) is 5.02 Å². The molecule has 0 atom stereocenters. The zero-order chi connectivity index (χ0) is 13.9. The Morgan fingerprint density at radius 1 is 1.50 bits per heavy atom. The number of hydrogen-bond acceptors (Lipinski definition) is 6. The van der Waals surface area contributed by atoms with E-state index in [0.717, 1.165) is 25.3 Å². The molecule has 1 aromatic carbocycles. The lowest BCUT2D eigenvalue weighted by Crippen LogP contribution is -2.17. The lowest BCUT2D eigenvalue weighted by atomic mass is 10.3. The topological polar surface area (TPSA) is 104 Å². The Morgan fingerprint density at radius 3 is 2.61 bits per heavy atom. The fourth-order valence-electron chi connectivity index (χ4n) is 1.12. The minimum absolute atomic E-state index is 0.183. The highest BCUT2D eigenvalue weighted by molar-refractivity contribution is 7.92. The van der Waals surface area contributed by atoms with E-state index in [1.807, 2.05) is 0 Å². The first kappa shape index (κ1) is 14.4. The molecule has 9 heteroatoms. The first-order valence-corrected chi connectivity index (χ1v) is 6.54. The summed E-state index contributed by atoms with van der Waals surface area (Å²) in [5.41, 5.74) is -0.539. The van der Waals surface area contributed by atoms with Gasteiger partial charge in [-0.25, -0.2) is 8.42 Å². The van der Waals surface area contributed by atoms with Gasteiger partial charge in [-0.1, -0.05) is 11.6 Å². The molecule has 0 aliphatic carbocycles. The van der Waals surface area contributed by atoms with E-state index in [9.17, 15) is 23.3 Å². The summed E-state index contributed by atoms with van der Waals surface area (Å²) in [6.45, 7) is 0. The van der Waals surface area contributed by atoms with Crippen molar-refractivity contribution in [2.24, 2.45) is 0 Å². The van der Waals surface area contributed by atoms with Gasteiger partial charge >= 0.3 is 5.97 Å². The highest BCUT2D eigenvalue weighted by Crippen LogP contribution is 2.27. The van der Waals surface area contributed by atoms with Crippen molar-refractivity contribution >= 4 is 33.1 Å². The second-order valence-corrected chi connectivity index (χ2v) is 5.60. The SMILES string of the molecule is COC(=O)CS(=O)(=O)c1ccc(Cl)c([N+](=O)[O-])c1. The zero-order valence-electron chi connectivity index (χ0n) is 9.12. The van der Waals surface area contributed by atoms with E-state index >= 15 is 0 Å². The number of ether oxygens (including phenoxy) is 1. The van der Waals surface area contributed by atoms with Crippen molar-refractivity contribution in [2.45, 2.75) is 4.90 Å². The van der Waals surface area contributed by atoms with Crippen molar-refractivity contribution in [3.63, 3.8) is 0 Å². The molecule has 0 saturated heterocycles. The van der Waals surface area contributed by atoms with Crippen molar-refractivity contribution in [1.82, 2.24) is 0 Å². The molecule has 0 spiro atoms.